The topological polar surface area (TPSA) is 42.7 Å². The molecular weight excluding hydrogens is 302 g/mol. The van der Waals surface area contributed by atoms with Crippen molar-refractivity contribution in [2.75, 3.05) is 26.1 Å². The monoisotopic (exact) mass is 321 g/mol. The van der Waals surface area contributed by atoms with Crippen LogP contribution in [0.1, 0.15) is 0 Å². The maximum Gasteiger partial charge on any atom is 0.379 e. The van der Waals surface area contributed by atoms with Crippen LogP contribution in [-0.2, 0) is 0 Å². The minimum atomic E-state index is -0.481. The summed E-state index contributed by atoms with van der Waals surface area (Å²) >= 11 is 0. The van der Waals surface area contributed by atoms with Gasteiger partial charge in [0.1, 0.15) is 5.76 Å². The number of nitrogens with zero attached hydrogens (tertiary/aromatic N) is 1. The maximum atomic E-state index is 12.1. The van der Waals surface area contributed by atoms with Gasteiger partial charge in [-0.1, -0.05) is 42.5 Å². The third-order valence-electron chi connectivity index (χ3n) is 3.87. The molecule has 0 fully saturated rings. The lowest BCUT2D eigenvalue weighted by atomic mass is 10.00. The molecule has 0 saturated heterocycles. The minimum Gasteiger partial charge on any atom is -0.490 e. The van der Waals surface area contributed by atoms with Gasteiger partial charge in [-0.2, -0.15) is 0 Å². The molecular formula is C20H19NO3. The maximum absolute atomic E-state index is 12.1. The molecule has 3 rings (SSSR count). The summed E-state index contributed by atoms with van der Waals surface area (Å²) in [6.07, 6.45) is 0. The zero-order valence-electron chi connectivity index (χ0n) is 13.9. The summed E-state index contributed by atoms with van der Waals surface area (Å²) in [5, 5.41) is 0. The van der Waals surface area contributed by atoms with E-state index in [1.54, 1.807) is 6.07 Å². The first-order valence-electron chi connectivity index (χ1n) is 7.65. The predicted octanol–water partition coefficient (Wildman–Crippen LogP) is 4.05. The van der Waals surface area contributed by atoms with Crippen LogP contribution in [0.25, 0.3) is 22.5 Å². The fourth-order valence-electron chi connectivity index (χ4n) is 2.55. The molecule has 1 heterocycles. The van der Waals surface area contributed by atoms with Gasteiger partial charge in [-0.25, -0.2) is 4.79 Å². The van der Waals surface area contributed by atoms with Crippen molar-refractivity contribution in [1.82, 2.24) is 0 Å². The highest BCUT2D eigenvalue weighted by Crippen LogP contribution is 2.33. The second kappa shape index (κ2) is 6.62. The molecule has 0 aliphatic heterocycles. The number of methoxy groups -OCH3 is 1. The van der Waals surface area contributed by atoms with Gasteiger partial charge in [-0.15, -0.1) is 0 Å². The number of benzene rings is 2. The average Bonchev–Trinajstić information content (AvgIpc) is 2.62. The van der Waals surface area contributed by atoms with E-state index in [-0.39, 0.29) is 5.75 Å². The summed E-state index contributed by atoms with van der Waals surface area (Å²) in [4.78, 5) is 14.1. The van der Waals surface area contributed by atoms with E-state index in [4.69, 9.17) is 9.15 Å². The van der Waals surface area contributed by atoms with Crippen LogP contribution in [0, 0.1) is 0 Å². The smallest absolute Gasteiger partial charge is 0.379 e. The third-order valence-corrected chi connectivity index (χ3v) is 3.87. The highest BCUT2D eigenvalue weighted by molar-refractivity contribution is 5.80. The van der Waals surface area contributed by atoms with Gasteiger partial charge in [-0.3, -0.25) is 0 Å². The molecule has 24 heavy (non-hydrogen) atoms. The lowest BCUT2D eigenvalue weighted by molar-refractivity contribution is 0.380. The van der Waals surface area contributed by atoms with Gasteiger partial charge in [0, 0.05) is 30.9 Å². The minimum absolute atomic E-state index is 0.196. The van der Waals surface area contributed by atoms with Crippen molar-refractivity contribution >= 4 is 5.69 Å². The number of ether oxygens (including phenoxy) is 1. The Morgan fingerprint density at radius 1 is 0.917 bits per heavy atom. The Kier molecular flexibility index (Phi) is 4.38. The van der Waals surface area contributed by atoms with E-state index < -0.39 is 5.63 Å². The summed E-state index contributed by atoms with van der Waals surface area (Å²) in [5.74, 6) is 0.736. The van der Waals surface area contributed by atoms with Crippen LogP contribution in [-0.4, -0.2) is 21.2 Å². The Bertz CT molecular complexity index is 881. The molecule has 0 unspecified atom stereocenters. The molecule has 0 aliphatic rings. The van der Waals surface area contributed by atoms with Crippen molar-refractivity contribution in [2.24, 2.45) is 0 Å². The van der Waals surface area contributed by atoms with Crippen molar-refractivity contribution in [3.05, 3.63) is 71.1 Å². The van der Waals surface area contributed by atoms with Gasteiger partial charge < -0.3 is 14.1 Å². The van der Waals surface area contributed by atoms with Crippen molar-refractivity contribution in [2.45, 2.75) is 0 Å². The molecule has 4 nitrogen and oxygen atoms in total. The van der Waals surface area contributed by atoms with E-state index in [2.05, 4.69) is 0 Å². The third kappa shape index (κ3) is 3.04. The van der Waals surface area contributed by atoms with Crippen LogP contribution in [0.5, 0.6) is 5.75 Å². The molecule has 0 spiro atoms. The Morgan fingerprint density at radius 3 is 2.17 bits per heavy atom. The quantitative estimate of drug-likeness (QED) is 0.727. The molecule has 1 aromatic heterocycles. The molecule has 0 atom stereocenters. The highest BCUT2D eigenvalue weighted by atomic mass is 16.5. The normalized spacial score (nSPS) is 10.5. The first-order valence-corrected chi connectivity index (χ1v) is 7.65. The Hall–Kier alpha value is -3.01. The van der Waals surface area contributed by atoms with E-state index in [1.807, 2.05) is 73.6 Å². The summed E-state index contributed by atoms with van der Waals surface area (Å²) in [6, 6.07) is 19.4. The molecule has 0 saturated carbocycles. The SMILES string of the molecule is COc1cc(-c2ccc(N(C)C)cc2)c(-c2ccccc2)oc1=O. The lowest BCUT2D eigenvalue weighted by Crippen LogP contribution is -2.08. The zero-order chi connectivity index (χ0) is 17.1. The summed E-state index contributed by atoms with van der Waals surface area (Å²) < 4.78 is 10.7. The van der Waals surface area contributed by atoms with Crippen molar-refractivity contribution in [3.8, 4) is 28.2 Å². The van der Waals surface area contributed by atoms with Crippen molar-refractivity contribution in [1.29, 1.82) is 0 Å². The molecule has 4 heteroatoms. The van der Waals surface area contributed by atoms with Crippen LogP contribution in [0.15, 0.2) is 69.9 Å². The van der Waals surface area contributed by atoms with Crippen LogP contribution in [0.3, 0.4) is 0 Å². The van der Waals surface area contributed by atoms with E-state index in [0.717, 1.165) is 22.4 Å². The largest absolute Gasteiger partial charge is 0.490 e. The van der Waals surface area contributed by atoms with E-state index in [1.165, 1.54) is 7.11 Å². The predicted molar refractivity (Wildman–Crippen MR) is 96.7 cm³/mol. The lowest BCUT2D eigenvalue weighted by Gasteiger charge is -2.14. The summed E-state index contributed by atoms with van der Waals surface area (Å²) in [5.41, 5.74) is 3.25. The average molecular weight is 321 g/mol. The first kappa shape index (κ1) is 15.9. The number of hydrogen-bond donors (Lipinski definition) is 0. The molecule has 0 aliphatic carbocycles. The van der Waals surface area contributed by atoms with Crippen molar-refractivity contribution in [3.63, 3.8) is 0 Å². The highest BCUT2D eigenvalue weighted by Gasteiger charge is 2.15. The Morgan fingerprint density at radius 2 is 1.58 bits per heavy atom. The zero-order valence-corrected chi connectivity index (χ0v) is 13.9. The first-order chi connectivity index (χ1) is 11.6. The van der Waals surface area contributed by atoms with Crippen LogP contribution in [0.4, 0.5) is 5.69 Å². The van der Waals surface area contributed by atoms with Gasteiger partial charge in [-0.05, 0) is 23.8 Å². The molecule has 0 N–H and O–H groups in total. The number of anilines is 1. The van der Waals surface area contributed by atoms with Gasteiger partial charge in [0.05, 0.1) is 7.11 Å². The van der Waals surface area contributed by atoms with Gasteiger partial charge in [0.2, 0.25) is 5.75 Å². The standard InChI is InChI=1S/C20H19NO3/c1-21(2)16-11-9-14(10-12-16)17-13-18(23-3)20(22)24-19(17)15-7-5-4-6-8-15/h4-13H,1-3H3. The second-order valence-corrected chi connectivity index (χ2v) is 5.65. The van der Waals surface area contributed by atoms with E-state index in [0.29, 0.717) is 5.76 Å². The van der Waals surface area contributed by atoms with Gasteiger partial charge in [0.25, 0.3) is 0 Å². The van der Waals surface area contributed by atoms with Crippen LogP contribution < -0.4 is 15.3 Å². The molecule has 2 aromatic carbocycles. The molecule has 0 amide bonds. The van der Waals surface area contributed by atoms with Gasteiger partial charge >= 0.3 is 5.63 Å². The fourth-order valence-corrected chi connectivity index (χ4v) is 2.55. The summed E-state index contributed by atoms with van der Waals surface area (Å²) in [6.45, 7) is 0. The van der Waals surface area contributed by atoms with Gasteiger partial charge in [0.15, 0.2) is 0 Å². The number of rotatable bonds is 4. The van der Waals surface area contributed by atoms with E-state index in [9.17, 15) is 4.79 Å². The fraction of sp³-hybridized carbons (Fsp3) is 0.150. The van der Waals surface area contributed by atoms with Crippen LogP contribution >= 0.6 is 0 Å². The Balaban J connectivity index is 2.19. The molecule has 0 bridgehead atoms. The van der Waals surface area contributed by atoms with Crippen molar-refractivity contribution < 1.29 is 9.15 Å². The second-order valence-electron chi connectivity index (χ2n) is 5.65. The number of hydrogen-bond acceptors (Lipinski definition) is 4. The Labute approximate surface area is 140 Å². The molecule has 122 valence electrons. The molecule has 0 radical (unpaired) electrons. The summed E-state index contributed by atoms with van der Waals surface area (Å²) in [7, 11) is 5.46. The molecule has 3 aromatic rings. The van der Waals surface area contributed by atoms with E-state index >= 15 is 0 Å². The van der Waals surface area contributed by atoms with Crippen LogP contribution in [0.2, 0.25) is 0 Å².